The average Bonchev–Trinajstić information content (AvgIpc) is 3.08. The Hall–Kier alpha value is -3.13. The Labute approximate surface area is 173 Å². The lowest BCUT2D eigenvalue weighted by atomic mass is 10.2. The number of hydrogen-bond donors (Lipinski definition) is 1. The van der Waals surface area contributed by atoms with Crippen molar-refractivity contribution in [1.29, 1.82) is 0 Å². The molecule has 7 nitrogen and oxygen atoms in total. The molecule has 3 aromatic rings. The van der Waals surface area contributed by atoms with Crippen molar-refractivity contribution in [2.75, 3.05) is 17.2 Å². The van der Waals surface area contributed by atoms with Gasteiger partial charge in [-0.3, -0.25) is 14.2 Å². The van der Waals surface area contributed by atoms with Crippen LogP contribution in [-0.4, -0.2) is 38.9 Å². The lowest BCUT2D eigenvalue weighted by Crippen LogP contribution is -2.35. The van der Waals surface area contributed by atoms with Crippen molar-refractivity contribution in [1.82, 2.24) is 14.8 Å². The van der Waals surface area contributed by atoms with E-state index in [1.807, 2.05) is 73.0 Å². The Morgan fingerprint density at radius 1 is 1.03 bits per heavy atom. The van der Waals surface area contributed by atoms with Crippen molar-refractivity contribution in [2.24, 2.45) is 5.73 Å². The fraction of sp³-hybridized carbons (Fsp3) is 0.238. The van der Waals surface area contributed by atoms with E-state index in [9.17, 15) is 9.59 Å². The first-order chi connectivity index (χ1) is 14.0. The number of thioether (sulfide) groups is 1. The van der Waals surface area contributed by atoms with E-state index >= 15 is 0 Å². The van der Waals surface area contributed by atoms with Gasteiger partial charge in [0.2, 0.25) is 11.8 Å². The maximum atomic E-state index is 12.9. The molecule has 0 spiro atoms. The third-order valence-electron chi connectivity index (χ3n) is 4.43. The maximum absolute atomic E-state index is 12.9. The van der Waals surface area contributed by atoms with Crippen molar-refractivity contribution in [3.05, 3.63) is 66.0 Å². The zero-order chi connectivity index (χ0) is 20.8. The van der Waals surface area contributed by atoms with Crippen molar-refractivity contribution in [3.63, 3.8) is 0 Å². The summed E-state index contributed by atoms with van der Waals surface area (Å²) in [7, 11) is 0. The molecule has 0 radical (unpaired) electrons. The second-order valence-electron chi connectivity index (χ2n) is 6.54. The van der Waals surface area contributed by atoms with Gasteiger partial charge in [-0.1, -0.05) is 48.2 Å². The van der Waals surface area contributed by atoms with Crippen LogP contribution in [-0.2, 0) is 9.59 Å². The van der Waals surface area contributed by atoms with Gasteiger partial charge in [0.05, 0.1) is 11.4 Å². The maximum Gasteiger partial charge on any atom is 0.237 e. The summed E-state index contributed by atoms with van der Waals surface area (Å²) in [6.45, 7) is 4.14. The van der Waals surface area contributed by atoms with E-state index in [0.717, 1.165) is 22.8 Å². The van der Waals surface area contributed by atoms with Gasteiger partial charge in [0.15, 0.2) is 5.16 Å². The van der Waals surface area contributed by atoms with Gasteiger partial charge in [0.1, 0.15) is 5.82 Å². The van der Waals surface area contributed by atoms with Gasteiger partial charge in [0, 0.05) is 18.7 Å². The number of carbonyl (C=O) groups is 2. The monoisotopic (exact) mass is 409 g/mol. The summed E-state index contributed by atoms with van der Waals surface area (Å²) < 4.78 is 1.95. The number of rotatable bonds is 8. The van der Waals surface area contributed by atoms with Crippen LogP contribution in [0.1, 0.15) is 17.8 Å². The van der Waals surface area contributed by atoms with Gasteiger partial charge in [-0.15, -0.1) is 10.2 Å². The highest BCUT2D eigenvalue weighted by atomic mass is 32.2. The van der Waals surface area contributed by atoms with Crippen LogP contribution < -0.4 is 10.6 Å². The van der Waals surface area contributed by atoms with Gasteiger partial charge in [0.25, 0.3) is 0 Å². The first-order valence-electron chi connectivity index (χ1n) is 9.22. The number of primary amides is 1. The lowest BCUT2D eigenvalue weighted by molar-refractivity contribution is -0.118. The van der Waals surface area contributed by atoms with Gasteiger partial charge in [-0.25, -0.2) is 0 Å². The molecule has 0 unspecified atom stereocenters. The van der Waals surface area contributed by atoms with E-state index < -0.39 is 5.91 Å². The summed E-state index contributed by atoms with van der Waals surface area (Å²) in [5, 5.41) is 9.07. The molecule has 0 bridgehead atoms. The molecule has 0 aliphatic carbocycles. The van der Waals surface area contributed by atoms with E-state index in [1.54, 1.807) is 4.90 Å². The van der Waals surface area contributed by atoms with Crippen LogP contribution in [0.3, 0.4) is 0 Å². The predicted molar refractivity (Wildman–Crippen MR) is 114 cm³/mol. The summed E-state index contributed by atoms with van der Waals surface area (Å²) in [6.07, 6.45) is 0.101. The minimum absolute atomic E-state index is 0.101. The Morgan fingerprint density at radius 2 is 1.72 bits per heavy atom. The molecule has 0 fully saturated rings. The quantitative estimate of drug-likeness (QED) is 0.577. The topological polar surface area (TPSA) is 94.1 Å². The Balaban J connectivity index is 1.79. The number of amides is 2. The van der Waals surface area contributed by atoms with Gasteiger partial charge in [-0.2, -0.15) is 0 Å². The average molecular weight is 410 g/mol. The molecule has 2 N–H and O–H groups in total. The molecule has 1 heterocycles. The third-order valence-corrected chi connectivity index (χ3v) is 5.34. The van der Waals surface area contributed by atoms with E-state index in [-0.39, 0.29) is 24.6 Å². The number of aromatic nitrogens is 3. The number of hydrogen-bond acceptors (Lipinski definition) is 5. The van der Waals surface area contributed by atoms with Crippen molar-refractivity contribution in [2.45, 2.75) is 25.4 Å². The molecule has 2 amide bonds. The third kappa shape index (κ3) is 5.03. The van der Waals surface area contributed by atoms with E-state index in [0.29, 0.717) is 5.16 Å². The van der Waals surface area contributed by atoms with Crippen molar-refractivity contribution < 1.29 is 9.59 Å². The van der Waals surface area contributed by atoms with Crippen LogP contribution in [0, 0.1) is 13.8 Å². The Morgan fingerprint density at radius 3 is 2.41 bits per heavy atom. The molecule has 29 heavy (non-hydrogen) atoms. The highest BCUT2D eigenvalue weighted by Gasteiger charge is 2.19. The fourth-order valence-electron chi connectivity index (χ4n) is 2.96. The lowest BCUT2D eigenvalue weighted by Gasteiger charge is -2.22. The highest BCUT2D eigenvalue weighted by molar-refractivity contribution is 7.99. The SMILES string of the molecule is Cc1ccccc1-n1c(C)nnc1SCC(=O)N(CCC(N)=O)c1ccccc1. The van der Waals surface area contributed by atoms with Crippen LogP contribution in [0.25, 0.3) is 5.69 Å². The first-order valence-corrected chi connectivity index (χ1v) is 10.2. The fourth-order valence-corrected chi connectivity index (χ4v) is 3.83. The second kappa shape index (κ2) is 9.38. The van der Waals surface area contributed by atoms with Crippen LogP contribution in [0.4, 0.5) is 5.69 Å². The van der Waals surface area contributed by atoms with E-state index in [1.165, 1.54) is 11.8 Å². The summed E-state index contributed by atoms with van der Waals surface area (Å²) in [6, 6.07) is 17.2. The molecule has 8 heteroatoms. The van der Waals surface area contributed by atoms with Crippen LogP contribution >= 0.6 is 11.8 Å². The molecule has 2 aromatic carbocycles. The molecule has 3 rings (SSSR count). The molecule has 0 saturated carbocycles. The molecule has 0 atom stereocenters. The predicted octanol–water partition coefficient (Wildman–Crippen LogP) is 2.88. The molecular weight excluding hydrogens is 386 g/mol. The standard InChI is InChI=1S/C21H23N5O2S/c1-15-8-6-7-11-18(15)26-16(2)23-24-21(26)29-14-20(28)25(13-12-19(22)27)17-9-4-3-5-10-17/h3-11H,12-14H2,1-2H3,(H2,22,27). The number of anilines is 1. The zero-order valence-electron chi connectivity index (χ0n) is 16.4. The molecule has 150 valence electrons. The van der Waals surface area contributed by atoms with Gasteiger partial charge < -0.3 is 10.6 Å². The molecule has 0 aliphatic rings. The van der Waals surface area contributed by atoms with E-state index in [2.05, 4.69) is 10.2 Å². The number of nitrogens with zero attached hydrogens (tertiary/aromatic N) is 4. The number of aryl methyl sites for hydroxylation is 2. The van der Waals surface area contributed by atoms with Gasteiger partial charge >= 0.3 is 0 Å². The second-order valence-corrected chi connectivity index (χ2v) is 7.48. The Kier molecular flexibility index (Phi) is 6.66. The molecule has 0 aliphatic heterocycles. The summed E-state index contributed by atoms with van der Waals surface area (Å²) in [4.78, 5) is 25.8. The van der Waals surface area contributed by atoms with E-state index in [4.69, 9.17) is 5.73 Å². The first kappa shape index (κ1) is 20.6. The zero-order valence-corrected chi connectivity index (χ0v) is 17.2. The summed E-state index contributed by atoms with van der Waals surface area (Å²) in [5.41, 5.74) is 8.09. The summed E-state index contributed by atoms with van der Waals surface area (Å²) >= 11 is 1.32. The highest BCUT2D eigenvalue weighted by Crippen LogP contribution is 2.25. The number of nitrogens with two attached hydrogens (primary N) is 1. The van der Waals surface area contributed by atoms with Crippen LogP contribution in [0.5, 0.6) is 0 Å². The Bertz CT molecular complexity index is 1000. The largest absolute Gasteiger partial charge is 0.370 e. The molecule has 1 aromatic heterocycles. The van der Waals surface area contributed by atoms with Crippen molar-refractivity contribution in [3.8, 4) is 5.69 Å². The number of benzene rings is 2. The van der Waals surface area contributed by atoms with Crippen LogP contribution in [0.15, 0.2) is 59.8 Å². The summed E-state index contributed by atoms with van der Waals surface area (Å²) in [5.74, 6) is 0.348. The molecule has 0 saturated heterocycles. The number of para-hydroxylation sites is 2. The minimum atomic E-state index is -0.443. The van der Waals surface area contributed by atoms with Crippen molar-refractivity contribution >= 4 is 29.3 Å². The molecular formula is C21H23N5O2S. The normalized spacial score (nSPS) is 10.7. The van der Waals surface area contributed by atoms with Gasteiger partial charge in [-0.05, 0) is 37.6 Å². The number of carbonyl (C=O) groups excluding carboxylic acids is 2. The minimum Gasteiger partial charge on any atom is -0.370 e. The smallest absolute Gasteiger partial charge is 0.237 e. The van der Waals surface area contributed by atoms with Crippen LogP contribution in [0.2, 0.25) is 0 Å².